The third kappa shape index (κ3) is 3.13. The van der Waals surface area contributed by atoms with Crippen LogP contribution in [0.15, 0.2) is 18.6 Å². The van der Waals surface area contributed by atoms with Crippen molar-refractivity contribution in [3.8, 4) is 11.4 Å². The van der Waals surface area contributed by atoms with Crippen molar-refractivity contribution >= 4 is 10.0 Å². The minimum absolute atomic E-state index is 0.215. The molecule has 0 bridgehead atoms. The number of sulfonamides is 1. The van der Waals surface area contributed by atoms with E-state index in [1.807, 2.05) is 24.7 Å². The van der Waals surface area contributed by atoms with Crippen LogP contribution >= 0.6 is 0 Å². The molecule has 23 heavy (non-hydrogen) atoms. The average molecular weight is 335 g/mol. The van der Waals surface area contributed by atoms with Gasteiger partial charge in [0.1, 0.15) is 11.5 Å². The Morgan fingerprint density at radius 1 is 1.13 bits per heavy atom. The molecule has 2 aromatic rings. The maximum atomic E-state index is 11.7. The molecule has 0 N–H and O–H groups in total. The second-order valence-corrected chi connectivity index (χ2v) is 7.96. The van der Waals surface area contributed by atoms with Gasteiger partial charge in [-0.2, -0.15) is 0 Å². The van der Waals surface area contributed by atoms with Crippen molar-refractivity contribution in [2.24, 2.45) is 7.05 Å². The summed E-state index contributed by atoms with van der Waals surface area (Å²) in [6, 6.07) is 0. The third-order valence-corrected chi connectivity index (χ3v) is 5.80. The fourth-order valence-electron chi connectivity index (χ4n) is 3.03. The topological polar surface area (TPSA) is 81.0 Å². The molecule has 0 spiro atoms. The Bertz CT molecular complexity index is 807. The molecule has 1 saturated heterocycles. The van der Waals surface area contributed by atoms with E-state index in [9.17, 15) is 8.42 Å². The van der Waals surface area contributed by atoms with Gasteiger partial charge >= 0.3 is 0 Å². The number of rotatable bonds is 3. The van der Waals surface area contributed by atoms with Crippen LogP contribution in [0.25, 0.3) is 11.4 Å². The van der Waals surface area contributed by atoms with Gasteiger partial charge in [0.15, 0.2) is 0 Å². The highest BCUT2D eigenvalue weighted by molar-refractivity contribution is 7.88. The van der Waals surface area contributed by atoms with Gasteiger partial charge in [-0.15, -0.1) is 0 Å². The van der Waals surface area contributed by atoms with Crippen LogP contribution in [0.4, 0.5) is 0 Å². The van der Waals surface area contributed by atoms with Gasteiger partial charge in [-0.3, -0.25) is 9.97 Å². The molecule has 124 valence electrons. The molecule has 3 rings (SSSR count). The lowest BCUT2D eigenvalue weighted by Crippen LogP contribution is -2.37. The van der Waals surface area contributed by atoms with Crippen molar-refractivity contribution < 1.29 is 8.42 Å². The van der Waals surface area contributed by atoms with Gasteiger partial charge in [-0.05, 0) is 19.8 Å². The van der Waals surface area contributed by atoms with Gasteiger partial charge in [-0.1, -0.05) is 0 Å². The van der Waals surface area contributed by atoms with E-state index >= 15 is 0 Å². The number of hydrogen-bond donors (Lipinski definition) is 0. The van der Waals surface area contributed by atoms with Crippen LogP contribution in [0.2, 0.25) is 0 Å². The maximum absolute atomic E-state index is 11.7. The molecule has 1 fully saturated rings. The van der Waals surface area contributed by atoms with Gasteiger partial charge in [0.25, 0.3) is 0 Å². The zero-order chi connectivity index (χ0) is 16.6. The number of aryl methyl sites for hydroxylation is 1. The van der Waals surface area contributed by atoms with Crippen molar-refractivity contribution in [2.45, 2.75) is 25.7 Å². The lowest BCUT2D eigenvalue weighted by Gasteiger charge is -2.30. The molecule has 0 atom stereocenters. The van der Waals surface area contributed by atoms with E-state index in [0.717, 1.165) is 35.7 Å². The van der Waals surface area contributed by atoms with Crippen molar-refractivity contribution in [1.29, 1.82) is 0 Å². The molecule has 7 nitrogen and oxygen atoms in total. The largest absolute Gasteiger partial charge is 0.330 e. The zero-order valence-corrected chi connectivity index (χ0v) is 14.4. The summed E-state index contributed by atoms with van der Waals surface area (Å²) in [5.41, 5.74) is 2.72. The highest BCUT2D eigenvalue weighted by Gasteiger charge is 2.29. The molecule has 0 radical (unpaired) electrons. The summed E-state index contributed by atoms with van der Waals surface area (Å²) in [6.07, 6.45) is 7.98. The quantitative estimate of drug-likeness (QED) is 0.845. The van der Waals surface area contributed by atoms with Crippen molar-refractivity contribution in [1.82, 2.24) is 23.8 Å². The number of nitrogens with zero attached hydrogens (tertiary/aromatic N) is 5. The first kappa shape index (κ1) is 16.1. The second kappa shape index (κ2) is 6.01. The van der Waals surface area contributed by atoms with Crippen LogP contribution in [-0.2, 0) is 17.1 Å². The molecule has 3 heterocycles. The molecule has 2 aromatic heterocycles. The Labute approximate surface area is 136 Å². The summed E-state index contributed by atoms with van der Waals surface area (Å²) in [5.74, 6) is 1.13. The number of imidazole rings is 1. The van der Waals surface area contributed by atoms with E-state index in [4.69, 9.17) is 0 Å². The second-order valence-electron chi connectivity index (χ2n) is 5.98. The average Bonchev–Trinajstić information content (AvgIpc) is 2.86. The fraction of sp³-hybridized carbons (Fsp3) is 0.533. The molecule has 0 unspecified atom stereocenters. The Morgan fingerprint density at radius 2 is 1.78 bits per heavy atom. The SMILES string of the molecule is Cc1ncc(-c2nccnc2C2CCN(S(C)(=O)=O)CC2)n1C. The first-order valence-corrected chi connectivity index (χ1v) is 9.47. The maximum Gasteiger partial charge on any atom is 0.211 e. The minimum atomic E-state index is -3.11. The number of aromatic nitrogens is 4. The Balaban J connectivity index is 1.89. The summed E-state index contributed by atoms with van der Waals surface area (Å²) in [7, 11) is -1.15. The van der Waals surface area contributed by atoms with E-state index in [0.29, 0.717) is 13.1 Å². The van der Waals surface area contributed by atoms with Crippen LogP contribution in [0, 0.1) is 6.92 Å². The van der Waals surface area contributed by atoms with E-state index in [-0.39, 0.29) is 5.92 Å². The summed E-state index contributed by atoms with van der Waals surface area (Å²) in [6.45, 7) is 3.01. The standard InChI is InChI=1S/C15H21N5O2S/c1-11-18-10-13(19(11)2)15-14(16-6-7-17-15)12-4-8-20(9-5-12)23(3,21)22/h6-7,10,12H,4-5,8-9H2,1-3H3. The number of piperidine rings is 1. The first-order chi connectivity index (χ1) is 10.9. The summed E-state index contributed by atoms with van der Waals surface area (Å²) >= 11 is 0. The van der Waals surface area contributed by atoms with E-state index in [1.54, 1.807) is 12.4 Å². The van der Waals surface area contributed by atoms with E-state index in [1.165, 1.54) is 10.6 Å². The summed E-state index contributed by atoms with van der Waals surface area (Å²) in [5, 5.41) is 0. The van der Waals surface area contributed by atoms with Crippen molar-refractivity contribution in [2.75, 3.05) is 19.3 Å². The predicted molar refractivity (Wildman–Crippen MR) is 87.4 cm³/mol. The van der Waals surface area contributed by atoms with Crippen LogP contribution in [-0.4, -0.2) is 51.6 Å². The summed E-state index contributed by atoms with van der Waals surface area (Å²) in [4.78, 5) is 13.4. The highest BCUT2D eigenvalue weighted by atomic mass is 32.2. The van der Waals surface area contributed by atoms with Gasteiger partial charge in [0.2, 0.25) is 10.0 Å². The summed E-state index contributed by atoms with van der Waals surface area (Å²) < 4.78 is 26.8. The van der Waals surface area contributed by atoms with Crippen molar-refractivity contribution in [3.05, 3.63) is 30.1 Å². The molecule has 0 amide bonds. The first-order valence-electron chi connectivity index (χ1n) is 7.62. The Hall–Kier alpha value is -1.80. The van der Waals surface area contributed by atoms with Gasteiger partial charge in [0.05, 0.1) is 23.8 Å². The van der Waals surface area contributed by atoms with Gasteiger partial charge in [0, 0.05) is 38.4 Å². The van der Waals surface area contributed by atoms with Crippen LogP contribution < -0.4 is 0 Å². The lowest BCUT2D eigenvalue weighted by atomic mass is 9.92. The smallest absolute Gasteiger partial charge is 0.211 e. The fourth-order valence-corrected chi connectivity index (χ4v) is 3.90. The van der Waals surface area contributed by atoms with Crippen LogP contribution in [0.3, 0.4) is 0 Å². The Kier molecular flexibility index (Phi) is 4.20. The lowest BCUT2D eigenvalue weighted by molar-refractivity contribution is 0.318. The molecule has 1 aliphatic rings. The Morgan fingerprint density at radius 3 is 2.35 bits per heavy atom. The molecular formula is C15H21N5O2S. The molecule has 0 aromatic carbocycles. The van der Waals surface area contributed by atoms with Crippen LogP contribution in [0.1, 0.15) is 30.3 Å². The van der Waals surface area contributed by atoms with Crippen molar-refractivity contribution in [3.63, 3.8) is 0 Å². The zero-order valence-electron chi connectivity index (χ0n) is 13.6. The molecular weight excluding hydrogens is 314 g/mol. The monoisotopic (exact) mass is 335 g/mol. The number of hydrogen-bond acceptors (Lipinski definition) is 5. The highest BCUT2D eigenvalue weighted by Crippen LogP contribution is 2.33. The molecule has 1 aliphatic heterocycles. The van der Waals surface area contributed by atoms with E-state index in [2.05, 4.69) is 15.0 Å². The van der Waals surface area contributed by atoms with Gasteiger partial charge < -0.3 is 4.57 Å². The van der Waals surface area contributed by atoms with E-state index < -0.39 is 10.0 Å². The third-order valence-electron chi connectivity index (χ3n) is 4.50. The van der Waals surface area contributed by atoms with Crippen LogP contribution in [0.5, 0.6) is 0 Å². The molecule has 0 saturated carbocycles. The predicted octanol–water partition coefficient (Wildman–Crippen LogP) is 1.32. The normalized spacial score (nSPS) is 17.5. The molecule has 8 heteroatoms. The minimum Gasteiger partial charge on any atom is -0.330 e. The van der Waals surface area contributed by atoms with Gasteiger partial charge in [-0.25, -0.2) is 17.7 Å². The molecule has 0 aliphatic carbocycles.